The Morgan fingerprint density at radius 2 is 2.14 bits per heavy atom. The van der Waals surface area contributed by atoms with Gasteiger partial charge in [0.25, 0.3) is 5.91 Å². The van der Waals surface area contributed by atoms with Crippen LogP contribution in [-0.4, -0.2) is 67.0 Å². The molecule has 0 saturated heterocycles. The standard InChI is InChI=1S/C20H32N6O2/c1-6-14(2)15(3)13-16(4)26(12-11-23-10-8-7-9-21)18-17(22-5)19(27)25-20(28)24-18/h1,13,20,23,28H,7-12,21H2,2-5H3,(H,25,27)/b15-14-,16-13+,22-17+. The summed E-state index contributed by atoms with van der Waals surface area (Å²) in [7, 11) is 1.53. The molecule has 28 heavy (non-hydrogen) atoms. The number of amidine groups is 1. The van der Waals surface area contributed by atoms with Crippen LogP contribution in [0.4, 0.5) is 0 Å². The summed E-state index contributed by atoms with van der Waals surface area (Å²) in [5, 5.41) is 15.6. The number of terminal acetylenes is 1. The second-order valence-corrected chi connectivity index (χ2v) is 6.51. The zero-order valence-corrected chi connectivity index (χ0v) is 17.2. The van der Waals surface area contributed by atoms with Crippen molar-refractivity contribution in [1.82, 2.24) is 15.5 Å². The summed E-state index contributed by atoms with van der Waals surface area (Å²) in [5.41, 5.74) is 8.31. The molecule has 0 aromatic heterocycles. The van der Waals surface area contributed by atoms with Gasteiger partial charge in [-0.2, -0.15) is 0 Å². The number of hydrogen-bond acceptors (Lipinski definition) is 7. The summed E-state index contributed by atoms with van der Waals surface area (Å²) in [5.74, 6) is 2.51. The van der Waals surface area contributed by atoms with E-state index in [0.29, 0.717) is 25.5 Å². The minimum Gasteiger partial charge on any atom is -0.355 e. The van der Waals surface area contributed by atoms with Crippen molar-refractivity contribution >= 4 is 17.5 Å². The molecule has 1 amide bonds. The number of carbonyl (C=O) groups is 1. The molecule has 1 heterocycles. The Bertz CT molecular complexity index is 715. The summed E-state index contributed by atoms with van der Waals surface area (Å²) in [4.78, 5) is 22.3. The lowest BCUT2D eigenvalue weighted by Gasteiger charge is -2.31. The van der Waals surface area contributed by atoms with E-state index in [2.05, 4.69) is 26.5 Å². The number of nitrogens with zero attached hydrogens (tertiary/aromatic N) is 3. The highest BCUT2D eigenvalue weighted by Gasteiger charge is 2.30. The van der Waals surface area contributed by atoms with Crippen molar-refractivity contribution in [3.63, 3.8) is 0 Å². The van der Waals surface area contributed by atoms with Crippen molar-refractivity contribution in [3.8, 4) is 12.3 Å². The molecule has 0 aliphatic carbocycles. The summed E-state index contributed by atoms with van der Waals surface area (Å²) in [6.07, 6.45) is 8.10. The van der Waals surface area contributed by atoms with Gasteiger partial charge in [0.2, 0.25) is 6.35 Å². The number of rotatable bonds is 9. The smallest absolute Gasteiger partial charge is 0.276 e. The largest absolute Gasteiger partial charge is 0.355 e. The Balaban J connectivity index is 3.12. The molecule has 0 saturated carbocycles. The van der Waals surface area contributed by atoms with E-state index in [1.807, 2.05) is 31.7 Å². The zero-order chi connectivity index (χ0) is 21.1. The highest BCUT2D eigenvalue weighted by molar-refractivity contribution is 6.67. The van der Waals surface area contributed by atoms with Gasteiger partial charge in [-0.05, 0) is 58.4 Å². The third kappa shape index (κ3) is 6.93. The van der Waals surface area contributed by atoms with E-state index in [9.17, 15) is 9.90 Å². The van der Waals surface area contributed by atoms with Crippen LogP contribution in [-0.2, 0) is 4.79 Å². The quantitative estimate of drug-likeness (QED) is 0.259. The third-order valence-electron chi connectivity index (χ3n) is 4.39. The van der Waals surface area contributed by atoms with Crippen LogP contribution in [0.15, 0.2) is 32.9 Å². The molecule has 0 fully saturated rings. The maximum atomic E-state index is 12.2. The van der Waals surface area contributed by atoms with Gasteiger partial charge in [-0.15, -0.1) is 6.42 Å². The van der Waals surface area contributed by atoms with Gasteiger partial charge in [0.15, 0.2) is 11.5 Å². The molecule has 0 spiro atoms. The fourth-order valence-corrected chi connectivity index (χ4v) is 2.67. The molecule has 1 atom stereocenters. The van der Waals surface area contributed by atoms with Crippen LogP contribution in [0.3, 0.4) is 0 Å². The monoisotopic (exact) mass is 388 g/mol. The van der Waals surface area contributed by atoms with Crippen molar-refractivity contribution in [2.24, 2.45) is 15.7 Å². The predicted octanol–water partition coefficient (Wildman–Crippen LogP) is 0.365. The minimum atomic E-state index is -1.30. The number of aliphatic hydroxyl groups is 1. The molecule has 154 valence electrons. The van der Waals surface area contributed by atoms with Crippen LogP contribution in [0, 0.1) is 12.3 Å². The summed E-state index contributed by atoms with van der Waals surface area (Å²) >= 11 is 0. The number of unbranched alkanes of at least 4 members (excludes halogenated alkanes) is 1. The third-order valence-corrected chi connectivity index (χ3v) is 4.39. The number of aliphatic hydroxyl groups excluding tert-OH is 1. The van der Waals surface area contributed by atoms with E-state index in [4.69, 9.17) is 12.2 Å². The highest BCUT2D eigenvalue weighted by atomic mass is 16.3. The minimum absolute atomic E-state index is 0.177. The van der Waals surface area contributed by atoms with Crippen LogP contribution in [0.25, 0.3) is 0 Å². The predicted molar refractivity (Wildman–Crippen MR) is 114 cm³/mol. The van der Waals surface area contributed by atoms with Gasteiger partial charge in [0.1, 0.15) is 0 Å². The van der Waals surface area contributed by atoms with E-state index in [-0.39, 0.29) is 5.71 Å². The number of nitrogens with one attached hydrogen (secondary N) is 2. The van der Waals surface area contributed by atoms with Gasteiger partial charge in [0, 0.05) is 31.4 Å². The molecule has 1 unspecified atom stereocenters. The fourth-order valence-electron chi connectivity index (χ4n) is 2.67. The molecule has 5 N–H and O–H groups in total. The van der Waals surface area contributed by atoms with Gasteiger partial charge < -0.3 is 26.4 Å². The van der Waals surface area contributed by atoms with Gasteiger partial charge >= 0.3 is 0 Å². The van der Waals surface area contributed by atoms with Crippen LogP contribution < -0.4 is 16.4 Å². The number of nitrogens with two attached hydrogens (primary N) is 1. The fraction of sp³-hybridized carbons (Fsp3) is 0.550. The maximum Gasteiger partial charge on any atom is 0.276 e. The van der Waals surface area contributed by atoms with Gasteiger partial charge in [-0.25, -0.2) is 4.99 Å². The SMILES string of the molecule is C#C/C(C)=C(C)\C=C(/C)N(CCNCCCCN)C1=NC(O)NC(=O)/C1=N/C. The number of hydrogen-bond donors (Lipinski definition) is 4. The van der Waals surface area contributed by atoms with E-state index in [0.717, 1.165) is 36.2 Å². The van der Waals surface area contributed by atoms with Crippen molar-refractivity contribution in [3.05, 3.63) is 22.9 Å². The Morgan fingerprint density at radius 1 is 1.43 bits per heavy atom. The first kappa shape index (κ1) is 23.6. The highest BCUT2D eigenvalue weighted by Crippen LogP contribution is 2.14. The molecular weight excluding hydrogens is 356 g/mol. The van der Waals surface area contributed by atoms with E-state index < -0.39 is 12.3 Å². The Kier molecular flexibility index (Phi) is 10.2. The number of carbonyl (C=O) groups excluding carboxylic acids is 1. The summed E-state index contributed by atoms with van der Waals surface area (Å²) in [6.45, 7) is 8.46. The molecule has 1 aliphatic rings. The Morgan fingerprint density at radius 3 is 2.75 bits per heavy atom. The summed E-state index contributed by atoms with van der Waals surface area (Å²) in [6, 6.07) is 0. The van der Waals surface area contributed by atoms with Crippen LogP contribution in [0.2, 0.25) is 0 Å². The van der Waals surface area contributed by atoms with Gasteiger partial charge in [-0.3, -0.25) is 9.79 Å². The molecule has 8 nitrogen and oxygen atoms in total. The number of aliphatic imine (C=N–C) groups is 2. The first-order chi connectivity index (χ1) is 13.3. The maximum absolute atomic E-state index is 12.2. The Hall–Kier alpha value is -2.47. The lowest BCUT2D eigenvalue weighted by Crippen LogP contribution is -2.52. The molecule has 0 aromatic carbocycles. The topological polar surface area (TPSA) is 115 Å². The lowest BCUT2D eigenvalue weighted by atomic mass is 10.1. The van der Waals surface area contributed by atoms with E-state index >= 15 is 0 Å². The normalized spacial score (nSPS) is 19.7. The van der Waals surface area contributed by atoms with Crippen molar-refractivity contribution in [2.45, 2.75) is 40.0 Å². The molecule has 0 aromatic rings. The molecule has 0 bridgehead atoms. The second kappa shape index (κ2) is 12.1. The van der Waals surface area contributed by atoms with Crippen molar-refractivity contribution in [1.29, 1.82) is 0 Å². The first-order valence-electron chi connectivity index (χ1n) is 9.40. The zero-order valence-electron chi connectivity index (χ0n) is 17.2. The molecule has 8 heteroatoms. The molecule has 1 aliphatic heterocycles. The number of allylic oxidation sites excluding steroid dienone is 4. The Labute approximate surface area is 167 Å². The molecular formula is C20H32N6O2. The van der Waals surface area contributed by atoms with Crippen LogP contribution in [0.1, 0.15) is 33.6 Å². The lowest BCUT2D eigenvalue weighted by molar-refractivity contribution is -0.117. The van der Waals surface area contributed by atoms with Crippen LogP contribution in [0.5, 0.6) is 0 Å². The first-order valence-corrected chi connectivity index (χ1v) is 9.40. The van der Waals surface area contributed by atoms with Gasteiger partial charge in [0.05, 0.1) is 0 Å². The average Bonchev–Trinajstić information content (AvgIpc) is 2.66. The molecule has 1 rings (SSSR count). The van der Waals surface area contributed by atoms with Gasteiger partial charge in [-0.1, -0.05) is 5.92 Å². The summed E-state index contributed by atoms with van der Waals surface area (Å²) < 4.78 is 0. The van der Waals surface area contributed by atoms with E-state index in [1.165, 1.54) is 7.05 Å². The molecule has 0 radical (unpaired) electrons. The van der Waals surface area contributed by atoms with E-state index in [1.54, 1.807) is 0 Å². The van der Waals surface area contributed by atoms with Crippen molar-refractivity contribution in [2.75, 3.05) is 33.2 Å². The van der Waals surface area contributed by atoms with Crippen LogP contribution >= 0.6 is 0 Å². The number of amides is 1. The average molecular weight is 389 g/mol. The van der Waals surface area contributed by atoms with Crippen molar-refractivity contribution < 1.29 is 9.90 Å². The second-order valence-electron chi connectivity index (χ2n) is 6.51.